The number of benzene rings is 1. The van der Waals surface area contributed by atoms with Crippen LogP contribution in [0.3, 0.4) is 0 Å². The molecule has 1 unspecified atom stereocenters. The normalized spacial score (nSPS) is 16.2. The van der Waals surface area contributed by atoms with Gasteiger partial charge >= 0.3 is 0 Å². The molecule has 0 bridgehead atoms. The van der Waals surface area contributed by atoms with Gasteiger partial charge in [-0.3, -0.25) is 4.79 Å². The lowest BCUT2D eigenvalue weighted by atomic mass is 10.0. The number of phenols is 1. The monoisotopic (exact) mass is 396 g/mol. The summed E-state index contributed by atoms with van der Waals surface area (Å²) >= 11 is 1.52. The number of thioether (sulfide) groups is 1. The molecule has 1 aromatic carbocycles. The van der Waals surface area contributed by atoms with Crippen LogP contribution < -0.4 is 10.1 Å². The summed E-state index contributed by atoms with van der Waals surface area (Å²) in [5.74, 6) is 2.02. The number of aromatic nitrogens is 3. The van der Waals surface area contributed by atoms with Gasteiger partial charge in [0.2, 0.25) is 5.91 Å². The number of aryl methyl sites for hydroxylation is 1. The van der Waals surface area contributed by atoms with E-state index in [9.17, 15) is 9.90 Å². The first-order chi connectivity index (χ1) is 13.6. The fraction of sp³-hybridized carbons (Fsp3) is 0.250. The Bertz CT molecular complexity index is 1020. The van der Waals surface area contributed by atoms with E-state index in [1.165, 1.54) is 11.8 Å². The molecule has 4 rings (SSSR count). The molecule has 0 fully saturated rings. The molecule has 0 radical (unpaired) electrons. The van der Waals surface area contributed by atoms with E-state index in [1.54, 1.807) is 16.9 Å². The van der Waals surface area contributed by atoms with Crippen LogP contribution in [0, 0.1) is 6.92 Å². The van der Waals surface area contributed by atoms with Crippen LogP contribution in [0.4, 0.5) is 5.82 Å². The quantitative estimate of drug-likeness (QED) is 0.702. The summed E-state index contributed by atoms with van der Waals surface area (Å²) in [7, 11) is 0. The first-order valence-corrected chi connectivity index (χ1v) is 10.0. The third-order valence-corrected chi connectivity index (χ3v) is 5.73. The minimum absolute atomic E-state index is 0.0883. The van der Waals surface area contributed by atoms with E-state index in [1.807, 2.05) is 44.2 Å². The second-order valence-electron chi connectivity index (χ2n) is 6.35. The van der Waals surface area contributed by atoms with Crippen LogP contribution in [0.1, 0.15) is 29.0 Å². The first-order valence-electron chi connectivity index (χ1n) is 8.96. The fourth-order valence-corrected chi connectivity index (χ4v) is 4.43. The summed E-state index contributed by atoms with van der Waals surface area (Å²) in [6, 6.07) is 10.9. The number of nitrogens with zero attached hydrogens (tertiary/aromatic N) is 3. The Balaban J connectivity index is 1.86. The molecule has 1 amide bonds. The van der Waals surface area contributed by atoms with Crippen molar-refractivity contribution < 1.29 is 14.6 Å². The van der Waals surface area contributed by atoms with Gasteiger partial charge in [0.25, 0.3) is 0 Å². The summed E-state index contributed by atoms with van der Waals surface area (Å²) in [5.41, 5.74) is 2.67. The Morgan fingerprint density at radius 2 is 2.21 bits per heavy atom. The highest BCUT2D eigenvalue weighted by Crippen LogP contribution is 2.45. The molecule has 2 N–H and O–H groups in total. The summed E-state index contributed by atoms with van der Waals surface area (Å²) in [6.07, 6.45) is 1.69. The lowest BCUT2D eigenvalue weighted by Crippen LogP contribution is -2.16. The van der Waals surface area contributed by atoms with Crippen LogP contribution in [0.5, 0.6) is 11.5 Å². The molecule has 2 aromatic heterocycles. The summed E-state index contributed by atoms with van der Waals surface area (Å²) in [6.45, 7) is 4.25. The van der Waals surface area contributed by atoms with E-state index in [4.69, 9.17) is 4.74 Å². The standard InChI is InChI=1S/C20H20N4O3S/c1-3-27-15-10-13(7-8-14(15)25)19-18-12(2)23-24(16-6-4-5-9-21-16)20(18)22-17(26)11-28-19/h4-10,19,25H,3,11H2,1-2H3,(H,22,26). The highest BCUT2D eigenvalue weighted by molar-refractivity contribution is 8.00. The zero-order valence-electron chi connectivity index (χ0n) is 15.5. The smallest absolute Gasteiger partial charge is 0.235 e. The van der Waals surface area contributed by atoms with E-state index < -0.39 is 0 Å². The number of carbonyl (C=O) groups excluding carboxylic acids is 1. The lowest BCUT2D eigenvalue weighted by Gasteiger charge is -2.17. The number of ether oxygens (including phenoxy) is 1. The zero-order chi connectivity index (χ0) is 19.7. The maximum Gasteiger partial charge on any atom is 0.235 e. The second kappa shape index (κ2) is 7.55. The Morgan fingerprint density at radius 1 is 1.36 bits per heavy atom. The van der Waals surface area contributed by atoms with Gasteiger partial charge in [-0.2, -0.15) is 9.78 Å². The first kappa shape index (κ1) is 18.4. The van der Waals surface area contributed by atoms with E-state index >= 15 is 0 Å². The zero-order valence-corrected chi connectivity index (χ0v) is 16.4. The summed E-state index contributed by atoms with van der Waals surface area (Å²) < 4.78 is 7.21. The van der Waals surface area contributed by atoms with Crippen molar-refractivity contribution in [3.05, 3.63) is 59.4 Å². The molecule has 1 atom stereocenters. The maximum atomic E-state index is 12.4. The van der Waals surface area contributed by atoms with Crippen molar-refractivity contribution in [1.82, 2.24) is 14.8 Å². The number of hydrogen-bond acceptors (Lipinski definition) is 6. The lowest BCUT2D eigenvalue weighted by molar-refractivity contribution is -0.113. The molecule has 8 heteroatoms. The minimum Gasteiger partial charge on any atom is -0.504 e. The molecule has 3 aromatic rings. The molecule has 1 aliphatic heterocycles. The van der Waals surface area contributed by atoms with Gasteiger partial charge in [0.05, 0.1) is 23.3 Å². The molecule has 144 valence electrons. The number of hydrogen-bond donors (Lipinski definition) is 2. The average Bonchev–Trinajstić information content (AvgIpc) is 2.90. The highest BCUT2D eigenvalue weighted by atomic mass is 32.2. The van der Waals surface area contributed by atoms with Crippen molar-refractivity contribution in [3.63, 3.8) is 0 Å². The third kappa shape index (κ3) is 3.31. The largest absolute Gasteiger partial charge is 0.504 e. The van der Waals surface area contributed by atoms with Crippen LogP contribution in [0.2, 0.25) is 0 Å². The second-order valence-corrected chi connectivity index (χ2v) is 7.44. The molecule has 0 saturated carbocycles. The SMILES string of the molecule is CCOc1cc(C2SCC(=O)Nc3c2c(C)nn3-c2ccccn2)ccc1O. The summed E-state index contributed by atoms with van der Waals surface area (Å²) in [4.78, 5) is 16.7. The van der Waals surface area contributed by atoms with Crippen LogP contribution in [-0.2, 0) is 4.79 Å². The Morgan fingerprint density at radius 3 is 2.96 bits per heavy atom. The van der Waals surface area contributed by atoms with Crippen LogP contribution in [0.15, 0.2) is 42.6 Å². The van der Waals surface area contributed by atoms with E-state index in [0.29, 0.717) is 29.7 Å². The van der Waals surface area contributed by atoms with E-state index in [0.717, 1.165) is 16.8 Å². The Kier molecular flexibility index (Phi) is 4.95. The summed E-state index contributed by atoms with van der Waals surface area (Å²) in [5, 5.41) is 17.5. The number of carbonyl (C=O) groups is 1. The van der Waals surface area contributed by atoms with Gasteiger partial charge < -0.3 is 15.2 Å². The van der Waals surface area contributed by atoms with Gasteiger partial charge in [0, 0.05) is 11.8 Å². The molecular formula is C20H20N4O3S. The molecular weight excluding hydrogens is 376 g/mol. The molecule has 1 aliphatic rings. The molecule has 0 saturated heterocycles. The van der Waals surface area contributed by atoms with Crippen LogP contribution in [0.25, 0.3) is 5.82 Å². The molecule has 0 spiro atoms. The van der Waals surface area contributed by atoms with Gasteiger partial charge in [-0.1, -0.05) is 12.1 Å². The number of amides is 1. The predicted octanol–water partition coefficient (Wildman–Crippen LogP) is 3.45. The Hall–Kier alpha value is -3.00. The predicted molar refractivity (Wildman–Crippen MR) is 108 cm³/mol. The van der Waals surface area contributed by atoms with Crippen molar-refractivity contribution in [1.29, 1.82) is 0 Å². The average molecular weight is 396 g/mol. The number of pyridine rings is 1. The fourth-order valence-electron chi connectivity index (χ4n) is 3.26. The van der Waals surface area contributed by atoms with E-state index in [-0.39, 0.29) is 16.9 Å². The highest BCUT2D eigenvalue weighted by Gasteiger charge is 2.31. The number of nitrogens with one attached hydrogen (secondary N) is 1. The van der Waals surface area contributed by atoms with Gasteiger partial charge in [0.1, 0.15) is 5.82 Å². The van der Waals surface area contributed by atoms with Crippen molar-refractivity contribution in [2.24, 2.45) is 0 Å². The van der Waals surface area contributed by atoms with E-state index in [2.05, 4.69) is 15.4 Å². The molecule has 28 heavy (non-hydrogen) atoms. The number of anilines is 1. The van der Waals surface area contributed by atoms with Crippen LogP contribution >= 0.6 is 11.8 Å². The van der Waals surface area contributed by atoms with Gasteiger partial charge in [-0.05, 0) is 43.7 Å². The third-order valence-electron chi connectivity index (χ3n) is 4.46. The maximum absolute atomic E-state index is 12.4. The molecule has 0 aliphatic carbocycles. The number of phenolic OH excluding ortho intramolecular Hbond substituents is 1. The molecule has 7 nitrogen and oxygen atoms in total. The van der Waals surface area contributed by atoms with Gasteiger partial charge in [-0.15, -0.1) is 11.8 Å². The number of rotatable bonds is 4. The topological polar surface area (TPSA) is 89.3 Å². The van der Waals surface area contributed by atoms with Crippen molar-refractivity contribution >= 4 is 23.5 Å². The van der Waals surface area contributed by atoms with Gasteiger partial charge in [0.15, 0.2) is 17.3 Å². The van der Waals surface area contributed by atoms with Crippen molar-refractivity contribution in [2.75, 3.05) is 17.7 Å². The number of aromatic hydroxyl groups is 1. The van der Waals surface area contributed by atoms with Crippen molar-refractivity contribution in [2.45, 2.75) is 19.1 Å². The van der Waals surface area contributed by atoms with Crippen LogP contribution in [-0.4, -0.2) is 38.1 Å². The number of fused-ring (bicyclic) bond motifs is 1. The van der Waals surface area contributed by atoms with Crippen molar-refractivity contribution in [3.8, 4) is 17.3 Å². The molecule has 3 heterocycles. The Labute approximate surface area is 166 Å². The minimum atomic E-state index is -0.133. The van der Waals surface area contributed by atoms with Gasteiger partial charge in [-0.25, -0.2) is 4.98 Å².